The summed E-state index contributed by atoms with van der Waals surface area (Å²) >= 11 is 1.33. The van der Waals surface area contributed by atoms with E-state index in [0.717, 1.165) is 0 Å². The lowest BCUT2D eigenvalue weighted by molar-refractivity contribution is 0.276. The van der Waals surface area contributed by atoms with Gasteiger partial charge in [0, 0.05) is 10.9 Å². The number of nitrogens with two attached hydrogens (primary N) is 1. The van der Waals surface area contributed by atoms with Crippen molar-refractivity contribution in [3.8, 4) is 0 Å². The molecule has 1 aromatic heterocycles. The van der Waals surface area contributed by atoms with Crippen LogP contribution >= 0.6 is 11.3 Å². The summed E-state index contributed by atoms with van der Waals surface area (Å²) in [7, 11) is 0. The fourth-order valence-corrected chi connectivity index (χ4v) is 1.82. The number of halogens is 1. The molecule has 0 fully saturated rings. The van der Waals surface area contributed by atoms with Gasteiger partial charge in [-0.15, -0.1) is 11.3 Å². The summed E-state index contributed by atoms with van der Waals surface area (Å²) in [6, 6.07) is 4.47. The summed E-state index contributed by atoms with van der Waals surface area (Å²) in [5.74, 6) is -0.0315. The molecule has 0 saturated heterocycles. The highest BCUT2D eigenvalue weighted by Gasteiger charge is 2.01. The van der Waals surface area contributed by atoms with Crippen molar-refractivity contribution in [1.82, 2.24) is 4.98 Å². The maximum atomic E-state index is 13.3. The van der Waals surface area contributed by atoms with Crippen LogP contribution in [0.3, 0.4) is 0 Å². The first-order valence-corrected chi connectivity index (χ1v) is 5.96. The van der Waals surface area contributed by atoms with Crippen molar-refractivity contribution in [3.63, 3.8) is 0 Å². The summed E-state index contributed by atoms with van der Waals surface area (Å²) in [4.78, 5) is 3.95. The lowest BCUT2D eigenvalue weighted by Gasteiger charge is -1.99. The molecule has 0 amide bonds. The van der Waals surface area contributed by atoms with E-state index in [2.05, 4.69) is 15.5 Å². The van der Waals surface area contributed by atoms with Gasteiger partial charge in [-0.05, 0) is 11.6 Å². The third-order valence-corrected chi connectivity index (χ3v) is 2.91. The number of hydrazone groups is 1. The normalized spacial score (nSPS) is 11.0. The molecule has 0 aliphatic carbocycles. The van der Waals surface area contributed by atoms with E-state index in [4.69, 9.17) is 10.8 Å². The Morgan fingerprint density at radius 3 is 3.00 bits per heavy atom. The third-order valence-electron chi connectivity index (χ3n) is 2.14. The topological polar surface area (TPSA) is 83.5 Å². The first-order chi connectivity index (χ1) is 8.69. The first kappa shape index (κ1) is 12.5. The van der Waals surface area contributed by atoms with Crippen LogP contribution < -0.4 is 11.2 Å². The van der Waals surface area contributed by atoms with Gasteiger partial charge in [-0.25, -0.2) is 9.37 Å². The average molecular weight is 266 g/mol. The molecule has 0 bridgehead atoms. The average Bonchev–Trinajstić information content (AvgIpc) is 2.75. The van der Waals surface area contributed by atoms with Crippen LogP contribution in [-0.4, -0.2) is 16.3 Å². The molecule has 94 valence electrons. The molecule has 4 N–H and O–H groups in total. The van der Waals surface area contributed by atoms with Crippen LogP contribution in [0, 0.1) is 5.82 Å². The molecule has 5 nitrogen and oxygen atoms in total. The quantitative estimate of drug-likeness (QED) is 0.582. The molecule has 0 spiro atoms. The van der Waals surface area contributed by atoms with Crippen molar-refractivity contribution in [2.24, 2.45) is 5.10 Å². The monoisotopic (exact) mass is 266 g/mol. The zero-order valence-electron chi connectivity index (χ0n) is 9.30. The number of aliphatic hydroxyl groups excluding tert-OH is 1. The van der Waals surface area contributed by atoms with Crippen molar-refractivity contribution in [2.45, 2.75) is 6.61 Å². The van der Waals surface area contributed by atoms with E-state index < -0.39 is 5.82 Å². The van der Waals surface area contributed by atoms with E-state index in [1.807, 2.05) is 0 Å². The van der Waals surface area contributed by atoms with Gasteiger partial charge in [-0.3, -0.25) is 5.43 Å². The Labute approximate surface area is 107 Å². The van der Waals surface area contributed by atoms with Gasteiger partial charge in [0.1, 0.15) is 11.6 Å². The standard InChI is InChI=1S/C11H11FN4OS/c12-9-3-7(1-2-8(9)5-17)4-14-16-11-15-10(13)6-18-11/h1-4,6,17H,5,13H2,(H,15,16). The van der Waals surface area contributed by atoms with Crippen LogP contribution in [0.25, 0.3) is 0 Å². The molecule has 2 aromatic rings. The lowest BCUT2D eigenvalue weighted by Crippen LogP contribution is -1.94. The summed E-state index contributed by atoms with van der Waals surface area (Å²) in [5.41, 5.74) is 8.98. The van der Waals surface area contributed by atoms with E-state index in [0.29, 0.717) is 16.5 Å². The Bertz CT molecular complexity index is 570. The zero-order valence-corrected chi connectivity index (χ0v) is 10.1. The number of hydrogen-bond acceptors (Lipinski definition) is 6. The van der Waals surface area contributed by atoms with Crippen LogP contribution in [-0.2, 0) is 6.61 Å². The molecule has 1 aromatic carbocycles. The summed E-state index contributed by atoms with van der Waals surface area (Å²) in [6.45, 7) is -0.320. The van der Waals surface area contributed by atoms with Crippen molar-refractivity contribution in [2.75, 3.05) is 11.2 Å². The minimum atomic E-state index is -0.458. The predicted molar refractivity (Wildman–Crippen MR) is 70.1 cm³/mol. The Balaban J connectivity index is 2.03. The van der Waals surface area contributed by atoms with E-state index >= 15 is 0 Å². The van der Waals surface area contributed by atoms with Crippen molar-refractivity contribution >= 4 is 28.5 Å². The van der Waals surface area contributed by atoms with E-state index in [1.165, 1.54) is 29.7 Å². The maximum Gasteiger partial charge on any atom is 0.205 e. The van der Waals surface area contributed by atoms with Crippen molar-refractivity contribution < 1.29 is 9.50 Å². The van der Waals surface area contributed by atoms with Crippen LogP contribution in [0.15, 0.2) is 28.7 Å². The van der Waals surface area contributed by atoms with Crippen LogP contribution in [0.2, 0.25) is 0 Å². The number of rotatable bonds is 4. The number of nitrogen functional groups attached to an aromatic ring is 1. The summed E-state index contributed by atoms with van der Waals surface area (Å²) in [5, 5.41) is 15.0. The number of anilines is 2. The molecule has 18 heavy (non-hydrogen) atoms. The van der Waals surface area contributed by atoms with Gasteiger partial charge in [0.25, 0.3) is 0 Å². The van der Waals surface area contributed by atoms with Crippen LogP contribution in [0.5, 0.6) is 0 Å². The highest BCUT2D eigenvalue weighted by atomic mass is 32.1. The SMILES string of the molecule is Nc1csc(NN=Cc2ccc(CO)c(F)c2)n1. The Morgan fingerprint density at radius 2 is 2.39 bits per heavy atom. The summed E-state index contributed by atoms with van der Waals surface area (Å²) < 4.78 is 13.3. The number of thiazole rings is 1. The van der Waals surface area contributed by atoms with Gasteiger partial charge in [0.05, 0.1) is 12.8 Å². The van der Waals surface area contributed by atoms with E-state index in [9.17, 15) is 4.39 Å². The van der Waals surface area contributed by atoms with Gasteiger partial charge >= 0.3 is 0 Å². The molecule has 1 heterocycles. The number of nitrogens with one attached hydrogen (secondary N) is 1. The van der Waals surface area contributed by atoms with Gasteiger partial charge in [0.15, 0.2) is 0 Å². The molecular formula is C11H11FN4OS. The van der Waals surface area contributed by atoms with Gasteiger partial charge in [-0.1, -0.05) is 12.1 Å². The third kappa shape index (κ3) is 3.02. The smallest absolute Gasteiger partial charge is 0.205 e. The van der Waals surface area contributed by atoms with E-state index in [-0.39, 0.29) is 12.2 Å². The second-order valence-corrected chi connectivity index (χ2v) is 4.31. The van der Waals surface area contributed by atoms with Crippen LogP contribution in [0.4, 0.5) is 15.3 Å². The number of hydrogen-bond donors (Lipinski definition) is 3. The fourth-order valence-electron chi connectivity index (χ4n) is 1.27. The predicted octanol–water partition coefficient (Wildman–Crippen LogP) is 1.80. The minimum Gasteiger partial charge on any atom is -0.392 e. The molecule has 7 heteroatoms. The number of benzene rings is 1. The molecule has 0 saturated carbocycles. The molecule has 0 atom stereocenters. The zero-order chi connectivity index (χ0) is 13.0. The van der Waals surface area contributed by atoms with Crippen LogP contribution in [0.1, 0.15) is 11.1 Å². The molecule has 0 radical (unpaired) electrons. The van der Waals surface area contributed by atoms with Gasteiger partial charge in [0.2, 0.25) is 5.13 Å². The lowest BCUT2D eigenvalue weighted by atomic mass is 10.1. The number of aromatic nitrogens is 1. The van der Waals surface area contributed by atoms with Crippen molar-refractivity contribution in [1.29, 1.82) is 0 Å². The van der Waals surface area contributed by atoms with Gasteiger partial charge < -0.3 is 10.8 Å². The molecule has 2 rings (SSSR count). The number of aliphatic hydroxyl groups is 1. The minimum absolute atomic E-state index is 0.257. The Kier molecular flexibility index (Phi) is 3.85. The number of nitrogens with zero attached hydrogens (tertiary/aromatic N) is 2. The molecule has 0 aliphatic rings. The molecular weight excluding hydrogens is 255 g/mol. The highest BCUT2D eigenvalue weighted by Crippen LogP contribution is 2.16. The fraction of sp³-hybridized carbons (Fsp3) is 0.0909. The van der Waals surface area contributed by atoms with Crippen molar-refractivity contribution in [3.05, 3.63) is 40.5 Å². The Hall–Kier alpha value is -1.99. The maximum absolute atomic E-state index is 13.3. The Morgan fingerprint density at radius 1 is 1.56 bits per heavy atom. The summed E-state index contributed by atoms with van der Waals surface area (Å²) in [6.07, 6.45) is 1.46. The van der Waals surface area contributed by atoms with Gasteiger partial charge in [-0.2, -0.15) is 5.10 Å². The second kappa shape index (κ2) is 5.56. The van der Waals surface area contributed by atoms with E-state index in [1.54, 1.807) is 11.4 Å². The second-order valence-electron chi connectivity index (χ2n) is 3.46. The largest absolute Gasteiger partial charge is 0.392 e. The molecule has 0 unspecified atom stereocenters. The first-order valence-electron chi connectivity index (χ1n) is 5.08. The molecule has 0 aliphatic heterocycles. The highest BCUT2D eigenvalue weighted by molar-refractivity contribution is 7.14.